The molecule has 15 heavy (non-hydrogen) atoms. The first-order valence-electron chi connectivity index (χ1n) is 5.46. The Morgan fingerprint density at radius 1 is 1.33 bits per heavy atom. The maximum absolute atomic E-state index is 5.81. The van der Waals surface area contributed by atoms with Gasteiger partial charge in [0.15, 0.2) is 0 Å². The molecule has 0 atom stereocenters. The van der Waals surface area contributed by atoms with Crippen LogP contribution in [0.3, 0.4) is 0 Å². The fourth-order valence-corrected chi connectivity index (χ4v) is 2.34. The molecule has 0 aliphatic carbocycles. The number of benzene rings is 1. The van der Waals surface area contributed by atoms with E-state index in [4.69, 9.17) is 5.73 Å². The molecule has 0 unspecified atom stereocenters. The summed E-state index contributed by atoms with van der Waals surface area (Å²) in [5.41, 5.74) is 11.1. The third-order valence-electron chi connectivity index (χ3n) is 3.30. The standard InChI is InChI=1S/C13H18N2/c1-4-10-6-5-7-11-12(8-14)9(2)15(3)13(10)11/h5-7H,4,8,14H2,1-3H3. The number of nitrogens with two attached hydrogens (primary N) is 1. The lowest BCUT2D eigenvalue weighted by molar-refractivity contribution is 0.887. The molecule has 0 fully saturated rings. The molecule has 0 bridgehead atoms. The maximum atomic E-state index is 5.81. The minimum Gasteiger partial charge on any atom is -0.347 e. The minimum absolute atomic E-state index is 0.621. The smallest absolute Gasteiger partial charge is 0.0515 e. The number of aryl methyl sites for hydroxylation is 2. The molecule has 0 spiro atoms. The van der Waals surface area contributed by atoms with E-state index in [-0.39, 0.29) is 0 Å². The van der Waals surface area contributed by atoms with E-state index in [1.54, 1.807) is 0 Å². The van der Waals surface area contributed by atoms with E-state index in [1.807, 2.05) is 0 Å². The molecule has 0 amide bonds. The lowest BCUT2D eigenvalue weighted by atomic mass is 10.1. The SMILES string of the molecule is CCc1cccc2c(CN)c(C)n(C)c12. The van der Waals surface area contributed by atoms with Crippen molar-refractivity contribution in [2.24, 2.45) is 12.8 Å². The first-order chi connectivity index (χ1) is 7.20. The molecule has 2 heteroatoms. The van der Waals surface area contributed by atoms with Crippen molar-refractivity contribution in [2.45, 2.75) is 26.8 Å². The van der Waals surface area contributed by atoms with Crippen LogP contribution in [-0.4, -0.2) is 4.57 Å². The van der Waals surface area contributed by atoms with Gasteiger partial charge in [-0.2, -0.15) is 0 Å². The van der Waals surface area contributed by atoms with Gasteiger partial charge in [0.05, 0.1) is 5.52 Å². The summed E-state index contributed by atoms with van der Waals surface area (Å²) in [5, 5.41) is 1.32. The van der Waals surface area contributed by atoms with Crippen LogP contribution in [0.4, 0.5) is 0 Å². The summed E-state index contributed by atoms with van der Waals surface area (Å²) in [7, 11) is 2.12. The molecule has 1 heterocycles. The molecule has 0 radical (unpaired) electrons. The second kappa shape index (κ2) is 3.70. The fraction of sp³-hybridized carbons (Fsp3) is 0.385. The van der Waals surface area contributed by atoms with E-state index < -0.39 is 0 Å². The molecule has 1 aromatic carbocycles. The van der Waals surface area contributed by atoms with E-state index in [0.717, 1.165) is 6.42 Å². The van der Waals surface area contributed by atoms with Crippen molar-refractivity contribution in [3.63, 3.8) is 0 Å². The summed E-state index contributed by atoms with van der Waals surface area (Å²) in [4.78, 5) is 0. The van der Waals surface area contributed by atoms with Gasteiger partial charge in [-0.25, -0.2) is 0 Å². The van der Waals surface area contributed by atoms with E-state index in [1.165, 1.54) is 27.7 Å². The fourth-order valence-electron chi connectivity index (χ4n) is 2.34. The number of fused-ring (bicyclic) bond motifs is 1. The van der Waals surface area contributed by atoms with Crippen LogP contribution in [0.5, 0.6) is 0 Å². The number of hydrogen-bond donors (Lipinski definition) is 1. The van der Waals surface area contributed by atoms with Gasteiger partial charge in [0.2, 0.25) is 0 Å². The lowest BCUT2D eigenvalue weighted by Gasteiger charge is -2.03. The van der Waals surface area contributed by atoms with Crippen molar-refractivity contribution in [3.05, 3.63) is 35.0 Å². The average Bonchev–Trinajstić information content (AvgIpc) is 2.51. The Morgan fingerprint density at radius 2 is 2.07 bits per heavy atom. The number of nitrogens with zero attached hydrogens (tertiary/aromatic N) is 1. The summed E-state index contributed by atoms with van der Waals surface area (Å²) < 4.78 is 2.26. The molecule has 2 rings (SSSR count). The van der Waals surface area contributed by atoms with E-state index in [2.05, 4.69) is 43.7 Å². The van der Waals surface area contributed by atoms with Crippen LogP contribution in [0.15, 0.2) is 18.2 Å². The van der Waals surface area contributed by atoms with Gasteiger partial charge >= 0.3 is 0 Å². The van der Waals surface area contributed by atoms with Crippen LogP contribution in [0.25, 0.3) is 10.9 Å². The third kappa shape index (κ3) is 1.37. The topological polar surface area (TPSA) is 30.9 Å². The van der Waals surface area contributed by atoms with Gasteiger partial charge in [-0.15, -0.1) is 0 Å². The van der Waals surface area contributed by atoms with Gasteiger partial charge in [-0.1, -0.05) is 25.1 Å². The molecule has 0 aliphatic heterocycles. The average molecular weight is 202 g/mol. The molecular weight excluding hydrogens is 184 g/mol. The summed E-state index contributed by atoms with van der Waals surface area (Å²) in [5.74, 6) is 0. The molecular formula is C13H18N2. The van der Waals surface area contributed by atoms with Crippen LogP contribution in [0.2, 0.25) is 0 Å². The van der Waals surface area contributed by atoms with Gasteiger partial charge < -0.3 is 10.3 Å². The highest BCUT2D eigenvalue weighted by Gasteiger charge is 2.12. The summed E-state index contributed by atoms with van der Waals surface area (Å²) in [6.45, 7) is 4.96. The molecule has 80 valence electrons. The second-order valence-electron chi connectivity index (χ2n) is 3.99. The zero-order valence-electron chi connectivity index (χ0n) is 9.67. The molecule has 2 N–H and O–H groups in total. The Hall–Kier alpha value is -1.28. The van der Waals surface area contributed by atoms with Crippen LogP contribution >= 0.6 is 0 Å². The quantitative estimate of drug-likeness (QED) is 0.797. The summed E-state index contributed by atoms with van der Waals surface area (Å²) in [6.07, 6.45) is 1.07. The van der Waals surface area contributed by atoms with Crippen LogP contribution in [0.1, 0.15) is 23.7 Å². The van der Waals surface area contributed by atoms with Crippen molar-refractivity contribution in [2.75, 3.05) is 0 Å². The van der Waals surface area contributed by atoms with E-state index in [9.17, 15) is 0 Å². The lowest BCUT2D eigenvalue weighted by Crippen LogP contribution is -1.99. The van der Waals surface area contributed by atoms with Gasteiger partial charge in [0.25, 0.3) is 0 Å². The number of aromatic nitrogens is 1. The summed E-state index contributed by atoms with van der Waals surface area (Å²) in [6, 6.07) is 6.49. The highest BCUT2D eigenvalue weighted by Crippen LogP contribution is 2.27. The predicted molar refractivity (Wildman–Crippen MR) is 64.9 cm³/mol. The predicted octanol–water partition coefficient (Wildman–Crippen LogP) is 2.51. The Balaban J connectivity index is 2.89. The zero-order valence-corrected chi connectivity index (χ0v) is 9.67. The summed E-state index contributed by atoms with van der Waals surface area (Å²) >= 11 is 0. The zero-order chi connectivity index (χ0) is 11.0. The van der Waals surface area contributed by atoms with Crippen molar-refractivity contribution in [1.82, 2.24) is 4.57 Å². The number of para-hydroxylation sites is 1. The van der Waals surface area contributed by atoms with Crippen molar-refractivity contribution < 1.29 is 0 Å². The third-order valence-corrected chi connectivity index (χ3v) is 3.30. The second-order valence-corrected chi connectivity index (χ2v) is 3.99. The van der Waals surface area contributed by atoms with Crippen LogP contribution in [-0.2, 0) is 20.0 Å². The van der Waals surface area contributed by atoms with Gasteiger partial charge in [-0.3, -0.25) is 0 Å². The van der Waals surface area contributed by atoms with Crippen LogP contribution in [0, 0.1) is 6.92 Å². The normalized spacial score (nSPS) is 11.2. The Bertz CT molecular complexity index is 495. The molecule has 0 saturated carbocycles. The molecule has 2 aromatic rings. The van der Waals surface area contributed by atoms with Gasteiger partial charge in [0.1, 0.15) is 0 Å². The maximum Gasteiger partial charge on any atom is 0.0515 e. The van der Waals surface area contributed by atoms with Gasteiger partial charge in [-0.05, 0) is 24.5 Å². The Labute approximate surface area is 90.7 Å². The number of rotatable bonds is 2. The first kappa shape index (κ1) is 10.2. The molecule has 1 aromatic heterocycles. The molecule has 0 aliphatic rings. The van der Waals surface area contributed by atoms with Crippen molar-refractivity contribution >= 4 is 10.9 Å². The highest BCUT2D eigenvalue weighted by molar-refractivity contribution is 5.88. The Morgan fingerprint density at radius 3 is 2.67 bits per heavy atom. The van der Waals surface area contributed by atoms with Crippen LogP contribution < -0.4 is 5.73 Å². The van der Waals surface area contributed by atoms with Crippen molar-refractivity contribution in [1.29, 1.82) is 0 Å². The first-order valence-corrected chi connectivity index (χ1v) is 5.46. The van der Waals surface area contributed by atoms with Gasteiger partial charge in [0, 0.05) is 24.7 Å². The number of hydrogen-bond acceptors (Lipinski definition) is 1. The van der Waals surface area contributed by atoms with Crippen molar-refractivity contribution in [3.8, 4) is 0 Å². The monoisotopic (exact) mass is 202 g/mol. The minimum atomic E-state index is 0.621. The largest absolute Gasteiger partial charge is 0.347 e. The van der Waals surface area contributed by atoms with E-state index in [0.29, 0.717) is 6.54 Å². The van der Waals surface area contributed by atoms with E-state index >= 15 is 0 Å². The Kier molecular flexibility index (Phi) is 2.53. The molecule has 2 nitrogen and oxygen atoms in total. The highest BCUT2D eigenvalue weighted by atomic mass is 14.9. The molecule has 0 saturated heterocycles.